The lowest BCUT2D eigenvalue weighted by molar-refractivity contribution is -0.219. The molecule has 2 saturated heterocycles. The van der Waals surface area contributed by atoms with Crippen LogP contribution in [0.3, 0.4) is 0 Å². The number of aliphatic hydroxyl groups excluding tert-OH is 3. The van der Waals surface area contributed by atoms with E-state index in [4.69, 9.17) is 18.9 Å². The van der Waals surface area contributed by atoms with Crippen molar-refractivity contribution in [1.29, 1.82) is 0 Å². The van der Waals surface area contributed by atoms with E-state index in [0.717, 1.165) is 11.8 Å². The van der Waals surface area contributed by atoms with Gasteiger partial charge in [-0.05, 0) is 23.8 Å². The molecule has 5 atom stereocenters. The van der Waals surface area contributed by atoms with Gasteiger partial charge in [-0.3, -0.25) is 0 Å². The van der Waals surface area contributed by atoms with Crippen molar-refractivity contribution in [2.75, 3.05) is 20.8 Å². The van der Waals surface area contributed by atoms with Gasteiger partial charge in [0.25, 0.3) is 0 Å². The number of rotatable bonds is 4. The molecule has 0 radical (unpaired) electrons. The number of methoxy groups -OCH3 is 2. The Labute approximate surface area is 159 Å². The highest BCUT2D eigenvalue weighted by Gasteiger charge is 2.50. The first kappa shape index (κ1) is 19.8. The number of aliphatic hydroxyl groups is 3. The number of phenols is 1. The minimum absolute atomic E-state index is 0.167. The molecule has 0 amide bonds. The summed E-state index contributed by atoms with van der Waals surface area (Å²) < 4.78 is 21.0. The third-order valence-corrected chi connectivity index (χ3v) is 5.46. The second kappa shape index (κ2) is 7.95. The first-order valence-electron chi connectivity index (χ1n) is 8.06. The highest BCUT2D eigenvalue weighted by atomic mass is 32.2. The predicted molar refractivity (Wildman–Crippen MR) is 94.4 cm³/mol. The second-order valence-corrected chi connectivity index (χ2v) is 7.12. The fourth-order valence-corrected chi connectivity index (χ4v) is 4.02. The average molecular weight is 400 g/mol. The summed E-state index contributed by atoms with van der Waals surface area (Å²) in [5.74, 6) is -0.522. The van der Waals surface area contributed by atoms with Crippen molar-refractivity contribution in [3.05, 3.63) is 22.6 Å². The van der Waals surface area contributed by atoms with Gasteiger partial charge in [-0.25, -0.2) is 4.79 Å². The van der Waals surface area contributed by atoms with Crippen LogP contribution in [0, 0.1) is 0 Å². The Hall–Kier alpha value is -1.98. The zero-order chi connectivity index (χ0) is 19.7. The van der Waals surface area contributed by atoms with Crippen molar-refractivity contribution >= 4 is 23.8 Å². The molecule has 0 aliphatic carbocycles. The quantitative estimate of drug-likeness (QED) is 0.399. The van der Waals surface area contributed by atoms with Gasteiger partial charge in [0.15, 0.2) is 17.6 Å². The Morgan fingerprint density at radius 2 is 1.81 bits per heavy atom. The average Bonchev–Trinajstić information content (AvgIpc) is 2.67. The molecule has 2 aliphatic heterocycles. The molecular weight excluding hydrogens is 380 g/mol. The third kappa shape index (κ3) is 3.71. The van der Waals surface area contributed by atoms with E-state index < -0.39 is 42.4 Å². The summed E-state index contributed by atoms with van der Waals surface area (Å²) >= 11 is 1.01. The van der Waals surface area contributed by atoms with Crippen LogP contribution in [0.25, 0.3) is 6.08 Å². The largest absolute Gasteiger partial charge is 0.502 e. The Kier molecular flexibility index (Phi) is 5.82. The van der Waals surface area contributed by atoms with Gasteiger partial charge in [0, 0.05) is 0 Å². The maximum atomic E-state index is 12.3. The SMILES string of the molecule is COc1cc(C=C2S[C@@H]3O[C@H](CO)[C@@H](O)[C@H](O)[C@H]3OC2=O)cc(OC)c1O. The van der Waals surface area contributed by atoms with E-state index in [0.29, 0.717) is 5.56 Å². The molecule has 0 unspecified atom stereocenters. The monoisotopic (exact) mass is 400 g/mol. The number of aromatic hydroxyl groups is 1. The molecule has 1 aromatic carbocycles. The summed E-state index contributed by atoms with van der Waals surface area (Å²) in [4.78, 5) is 12.5. The number of fused-ring (bicyclic) bond motifs is 1. The number of esters is 1. The van der Waals surface area contributed by atoms with Crippen LogP contribution in [0.15, 0.2) is 17.0 Å². The number of thioether (sulfide) groups is 1. The van der Waals surface area contributed by atoms with E-state index in [9.17, 15) is 25.2 Å². The summed E-state index contributed by atoms with van der Waals surface area (Å²) in [5, 5.41) is 39.3. The lowest BCUT2D eigenvalue weighted by Crippen LogP contribution is -2.60. The normalized spacial score (nSPS) is 32.0. The van der Waals surface area contributed by atoms with Crippen LogP contribution >= 0.6 is 11.8 Å². The lowest BCUT2D eigenvalue weighted by Gasteiger charge is -2.43. The highest BCUT2D eigenvalue weighted by Crippen LogP contribution is 2.42. The topological polar surface area (TPSA) is 135 Å². The lowest BCUT2D eigenvalue weighted by atomic mass is 10.00. The van der Waals surface area contributed by atoms with Crippen molar-refractivity contribution in [2.45, 2.75) is 29.9 Å². The van der Waals surface area contributed by atoms with Gasteiger partial charge in [0.1, 0.15) is 23.7 Å². The Bertz CT molecular complexity index is 725. The molecule has 0 saturated carbocycles. The number of hydrogen-bond donors (Lipinski definition) is 4. The summed E-state index contributed by atoms with van der Waals surface area (Å²) in [6.07, 6.45) is -3.27. The standard InChI is InChI=1S/C17H20O9S/c1-23-8-3-7(4-9(24-2)12(8)19)5-11-16(22)26-15-14(21)13(20)10(6-18)25-17(15)27-11/h3-5,10,13-15,17-21H,6H2,1-2H3/t10-,13-,14+,15-,17+/m1/s1. The van der Waals surface area contributed by atoms with E-state index in [-0.39, 0.29) is 22.2 Å². The Balaban J connectivity index is 1.89. The van der Waals surface area contributed by atoms with Gasteiger partial charge in [0.2, 0.25) is 5.75 Å². The molecule has 148 valence electrons. The molecule has 2 fully saturated rings. The van der Waals surface area contributed by atoms with Crippen molar-refractivity contribution < 1.29 is 44.2 Å². The van der Waals surface area contributed by atoms with Crippen LogP contribution in [0.4, 0.5) is 0 Å². The molecule has 3 rings (SSSR count). The molecule has 2 aliphatic rings. The first-order valence-corrected chi connectivity index (χ1v) is 8.94. The number of carbonyl (C=O) groups excluding carboxylic acids is 1. The zero-order valence-electron chi connectivity index (χ0n) is 14.6. The van der Waals surface area contributed by atoms with Crippen LogP contribution in [-0.2, 0) is 14.3 Å². The number of ether oxygens (including phenoxy) is 4. The first-order chi connectivity index (χ1) is 12.9. The molecule has 0 bridgehead atoms. The summed E-state index contributed by atoms with van der Waals surface area (Å²) in [6.45, 7) is -0.485. The van der Waals surface area contributed by atoms with Gasteiger partial charge < -0.3 is 39.4 Å². The molecule has 2 heterocycles. The molecule has 27 heavy (non-hydrogen) atoms. The molecule has 0 spiro atoms. The number of benzene rings is 1. The van der Waals surface area contributed by atoms with Crippen LogP contribution in [0.2, 0.25) is 0 Å². The van der Waals surface area contributed by atoms with E-state index in [1.807, 2.05) is 0 Å². The fraction of sp³-hybridized carbons (Fsp3) is 0.471. The third-order valence-electron chi connectivity index (χ3n) is 4.31. The number of phenolic OH excluding ortho intramolecular Hbond substituents is 1. The molecule has 9 nitrogen and oxygen atoms in total. The molecule has 4 N–H and O–H groups in total. The highest BCUT2D eigenvalue weighted by molar-refractivity contribution is 8.04. The Morgan fingerprint density at radius 3 is 2.37 bits per heavy atom. The number of hydrogen-bond acceptors (Lipinski definition) is 10. The zero-order valence-corrected chi connectivity index (χ0v) is 15.4. The van der Waals surface area contributed by atoms with Crippen molar-refractivity contribution in [3.8, 4) is 17.2 Å². The smallest absolute Gasteiger partial charge is 0.345 e. The van der Waals surface area contributed by atoms with Crippen LogP contribution in [0.5, 0.6) is 17.2 Å². The van der Waals surface area contributed by atoms with Gasteiger partial charge in [-0.2, -0.15) is 0 Å². The van der Waals surface area contributed by atoms with Crippen molar-refractivity contribution in [2.24, 2.45) is 0 Å². The predicted octanol–water partition coefficient (Wildman–Crippen LogP) is -0.152. The minimum atomic E-state index is -1.37. The Morgan fingerprint density at radius 1 is 1.19 bits per heavy atom. The van der Waals surface area contributed by atoms with Gasteiger partial charge in [-0.15, -0.1) is 0 Å². The summed E-state index contributed by atoms with van der Waals surface area (Å²) in [5.41, 5.74) is -0.278. The fourth-order valence-electron chi connectivity index (χ4n) is 2.87. The van der Waals surface area contributed by atoms with Gasteiger partial charge in [0.05, 0.1) is 25.7 Å². The van der Waals surface area contributed by atoms with E-state index in [2.05, 4.69) is 0 Å². The van der Waals surface area contributed by atoms with E-state index >= 15 is 0 Å². The van der Waals surface area contributed by atoms with Crippen molar-refractivity contribution in [3.63, 3.8) is 0 Å². The van der Waals surface area contributed by atoms with E-state index in [1.165, 1.54) is 32.4 Å². The molecule has 10 heteroatoms. The summed E-state index contributed by atoms with van der Waals surface area (Å²) in [6, 6.07) is 3.03. The molecule has 0 aromatic heterocycles. The summed E-state index contributed by atoms with van der Waals surface area (Å²) in [7, 11) is 2.77. The van der Waals surface area contributed by atoms with E-state index in [1.54, 1.807) is 0 Å². The van der Waals surface area contributed by atoms with Crippen LogP contribution in [0.1, 0.15) is 5.56 Å². The second-order valence-electron chi connectivity index (χ2n) is 5.98. The van der Waals surface area contributed by atoms with Crippen LogP contribution < -0.4 is 9.47 Å². The van der Waals surface area contributed by atoms with Gasteiger partial charge in [-0.1, -0.05) is 11.8 Å². The van der Waals surface area contributed by atoms with Crippen molar-refractivity contribution in [1.82, 2.24) is 0 Å². The maximum Gasteiger partial charge on any atom is 0.345 e. The molecule has 1 aromatic rings. The van der Waals surface area contributed by atoms with Gasteiger partial charge >= 0.3 is 5.97 Å². The number of carbonyl (C=O) groups is 1. The molecular formula is C17H20O9S. The minimum Gasteiger partial charge on any atom is -0.502 e. The van der Waals surface area contributed by atoms with Crippen LogP contribution in [-0.4, -0.2) is 77.1 Å². The maximum absolute atomic E-state index is 12.3.